The number of nitro groups is 1. The van der Waals surface area contributed by atoms with Gasteiger partial charge in [0.1, 0.15) is 0 Å². The van der Waals surface area contributed by atoms with Gasteiger partial charge in [-0.3, -0.25) is 19.7 Å². The third-order valence-corrected chi connectivity index (χ3v) is 2.90. The fourth-order valence-electron chi connectivity index (χ4n) is 1.66. The molecule has 0 saturated heterocycles. The molecule has 2 amide bonds. The summed E-state index contributed by atoms with van der Waals surface area (Å²) in [5, 5.41) is 26.5. The van der Waals surface area contributed by atoms with Crippen molar-refractivity contribution in [3.05, 3.63) is 27.8 Å². The molecule has 0 fully saturated rings. The van der Waals surface area contributed by atoms with Gasteiger partial charge in [0.05, 0.1) is 18.2 Å². The van der Waals surface area contributed by atoms with Crippen molar-refractivity contribution in [2.24, 2.45) is 5.10 Å². The van der Waals surface area contributed by atoms with Crippen LogP contribution in [-0.2, 0) is 9.59 Å². The molecule has 0 aliphatic rings. The summed E-state index contributed by atoms with van der Waals surface area (Å²) < 4.78 is 4.83. The van der Waals surface area contributed by atoms with E-state index in [9.17, 15) is 24.8 Å². The van der Waals surface area contributed by atoms with Crippen LogP contribution in [0.15, 0.2) is 17.2 Å². The van der Waals surface area contributed by atoms with Crippen LogP contribution in [0.2, 0.25) is 0 Å². The van der Waals surface area contributed by atoms with Crippen LogP contribution in [-0.4, -0.2) is 41.7 Å². The van der Waals surface area contributed by atoms with E-state index in [1.165, 1.54) is 13.2 Å². The van der Waals surface area contributed by atoms with Crippen LogP contribution >= 0.6 is 0 Å². The Morgan fingerprint density at radius 2 is 2.12 bits per heavy atom. The first-order chi connectivity index (χ1) is 11.4. The van der Waals surface area contributed by atoms with E-state index in [1.807, 2.05) is 12.3 Å². The zero-order chi connectivity index (χ0) is 18.1. The Bertz CT molecular complexity index is 659. The van der Waals surface area contributed by atoms with Crippen LogP contribution in [0.1, 0.15) is 25.3 Å². The quantitative estimate of drug-likeness (QED) is 0.219. The summed E-state index contributed by atoms with van der Waals surface area (Å²) in [4.78, 5) is 33.0. The predicted molar refractivity (Wildman–Crippen MR) is 85.0 cm³/mol. The molecule has 0 atom stereocenters. The fraction of sp³-hybridized carbons (Fsp3) is 0.357. The number of phenols is 1. The Balaban J connectivity index is 2.77. The molecule has 0 unspecified atom stereocenters. The van der Waals surface area contributed by atoms with Gasteiger partial charge in [0.2, 0.25) is 5.75 Å². The molecule has 24 heavy (non-hydrogen) atoms. The number of ether oxygens (including phenoxy) is 1. The Labute approximate surface area is 137 Å². The fourth-order valence-corrected chi connectivity index (χ4v) is 1.66. The first-order valence-electron chi connectivity index (χ1n) is 7.07. The van der Waals surface area contributed by atoms with E-state index in [0.717, 1.165) is 25.1 Å². The molecule has 0 aliphatic heterocycles. The number of unbranched alkanes of at least 4 members (excludes halogenated alkanes) is 1. The molecule has 0 aromatic heterocycles. The number of carbonyl (C=O) groups excluding carboxylic acids is 2. The number of carbonyl (C=O) groups is 2. The van der Waals surface area contributed by atoms with Crippen molar-refractivity contribution in [3.8, 4) is 11.5 Å². The topological polar surface area (TPSA) is 143 Å². The standard InChI is InChI=1S/C14H18N4O6/c1-3-4-5-15-13(20)14(21)17-16-8-9-6-10(18(22)23)12(19)11(7-9)24-2/h6-8,19H,3-5H2,1-2H3,(H,15,20)(H,17,21)/b16-8-. The Morgan fingerprint density at radius 3 is 2.71 bits per heavy atom. The molecule has 1 aromatic carbocycles. The second-order valence-electron chi connectivity index (χ2n) is 4.66. The average molecular weight is 338 g/mol. The van der Waals surface area contributed by atoms with E-state index in [4.69, 9.17) is 4.74 Å². The highest BCUT2D eigenvalue weighted by molar-refractivity contribution is 6.35. The maximum atomic E-state index is 11.5. The second-order valence-corrected chi connectivity index (χ2v) is 4.66. The minimum atomic E-state index is -0.956. The third-order valence-electron chi connectivity index (χ3n) is 2.90. The first kappa shape index (κ1) is 18.9. The van der Waals surface area contributed by atoms with Gasteiger partial charge >= 0.3 is 17.5 Å². The summed E-state index contributed by atoms with van der Waals surface area (Å²) in [5.41, 5.74) is 1.63. The normalized spacial score (nSPS) is 10.4. The number of nitrogens with zero attached hydrogens (tertiary/aromatic N) is 2. The van der Waals surface area contributed by atoms with E-state index in [1.54, 1.807) is 0 Å². The van der Waals surface area contributed by atoms with E-state index in [2.05, 4.69) is 10.4 Å². The summed E-state index contributed by atoms with van der Waals surface area (Å²) in [6.07, 6.45) is 2.72. The molecule has 0 heterocycles. The van der Waals surface area contributed by atoms with Crippen molar-refractivity contribution in [2.75, 3.05) is 13.7 Å². The lowest BCUT2D eigenvalue weighted by Gasteiger charge is -2.05. The molecule has 10 nitrogen and oxygen atoms in total. The zero-order valence-electron chi connectivity index (χ0n) is 13.2. The molecule has 1 rings (SSSR count). The van der Waals surface area contributed by atoms with Gasteiger partial charge in [-0.15, -0.1) is 0 Å². The van der Waals surface area contributed by atoms with E-state index >= 15 is 0 Å². The number of phenolic OH excluding ortho intramolecular Hbond substituents is 1. The van der Waals surface area contributed by atoms with Crippen LogP contribution in [0.5, 0.6) is 11.5 Å². The van der Waals surface area contributed by atoms with Gasteiger partial charge < -0.3 is 15.2 Å². The monoisotopic (exact) mass is 338 g/mol. The predicted octanol–water partition coefficient (Wildman–Crippen LogP) is 0.675. The smallest absolute Gasteiger partial charge is 0.329 e. The first-order valence-corrected chi connectivity index (χ1v) is 7.07. The minimum Gasteiger partial charge on any atom is -0.500 e. The van der Waals surface area contributed by atoms with E-state index in [-0.39, 0.29) is 11.3 Å². The number of nitrogens with one attached hydrogen (secondary N) is 2. The van der Waals surface area contributed by atoms with E-state index < -0.39 is 28.2 Å². The Hall–Kier alpha value is -3.17. The van der Waals surface area contributed by atoms with Gasteiger partial charge in [0, 0.05) is 18.2 Å². The zero-order valence-corrected chi connectivity index (χ0v) is 13.2. The third kappa shape index (κ3) is 5.23. The summed E-state index contributed by atoms with van der Waals surface area (Å²) in [6.45, 7) is 2.33. The van der Waals surface area contributed by atoms with E-state index in [0.29, 0.717) is 6.54 Å². The molecule has 0 aliphatic carbocycles. The van der Waals surface area contributed by atoms with Crippen LogP contribution in [0.25, 0.3) is 0 Å². The average Bonchev–Trinajstić information content (AvgIpc) is 2.55. The summed E-state index contributed by atoms with van der Waals surface area (Å²) in [7, 11) is 1.24. The molecule has 130 valence electrons. The Kier molecular flexibility index (Phi) is 7.14. The Morgan fingerprint density at radius 1 is 1.42 bits per heavy atom. The summed E-state index contributed by atoms with van der Waals surface area (Å²) >= 11 is 0. The minimum absolute atomic E-state index is 0.116. The molecule has 0 saturated carbocycles. The molecule has 1 aromatic rings. The highest BCUT2D eigenvalue weighted by Crippen LogP contribution is 2.36. The van der Waals surface area contributed by atoms with Gasteiger partial charge in [0.25, 0.3) is 0 Å². The van der Waals surface area contributed by atoms with Crippen LogP contribution in [0.4, 0.5) is 5.69 Å². The number of methoxy groups -OCH3 is 1. The highest BCUT2D eigenvalue weighted by Gasteiger charge is 2.19. The van der Waals surface area contributed by atoms with Gasteiger partial charge in [-0.1, -0.05) is 13.3 Å². The molecule has 10 heteroatoms. The van der Waals surface area contributed by atoms with Gasteiger partial charge in [-0.05, 0) is 12.5 Å². The number of nitro benzene ring substituents is 1. The van der Waals surface area contributed by atoms with Crippen molar-refractivity contribution in [2.45, 2.75) is 19.8 Å². The van der Waals surface area contributed by atoms with Crippen molar-refractivity contribution in [3.63, 3.8) is 0 Å². The van der Waals surface area contributed by atoms with Gasteiger partial charge in [-0.25, -0.2) is 5.43 Å². The van der Waals surface area contributed by atoms with Gasteiger partial charge in [0.15, 0.2) is 5.75 Å². The molecular weight excluding hydrogens is 320 g/mol. The maximum Gasteiger partial charge on any atom is 0.329 e. The number of hydrogen-bond acceptors (Lipinski definition) is 7. The molecular formula is C14H18N4O6. The molecule has 0 bridgehead atoms. The van der Waals surface area contributed by atoms with Crippen molar-refractivity contribution < 1.29 is 24.4 Å². The number of hydrogen-bond donors (Lipinski definition) is 3. The van der Waals surface area contributed by atoms with Crippen molar-refractivity contribution in [1.29, 1.82) is 0 Å². The second kappa shape index (κ2) is 9.08. The number of benzene rings is 1. The van der Waals surface area contributed by atoms with Crippen molar-refractivity contribution in [1.82, 2.24) is 10.7 Å². The lowest BCUT2D eigenvalue weighted by atomic mass is 10.2. The lowest BCUT2D eigenvalue weighted by molar-refractivity contribution is -0.386. The lowest BCUT2D eigenvalue weighted by Crippen LogP contribution is -2.38. The summed E-state index contributed by atoms with van der Waals surface area (Å²) in [5.74, 6) is -2.51. The summed E-state index contributed by atoms with van der Waals surface area (Å²) in [6, 6.07) is 2.34. The largest absolute Gasteiger partial charge is 0.500 e. The van der Waals surface area contributed by atoms with Gasteiger partial charge in [-0.2, -0.15) is 5.10 Å². The molecule has 0 radical (unpaired) electrons. The number of amides is 2. The molecule has 3 N–H and O–H groups in total. The van der Waals surface area contributed by atoms with Crippen LogP contribution in [0.3, 0.4) is 0 Å². The SMILES string of the molecule is CCCCNC(=O)C(=O)N/N=C\c1cc(OC)c(O)c([N+](=O)[O-])c1. The van der Waals surface area contributed by atoms with Crippen LogP contribution < -0.4 is 15.5 Å². The van der Waals surface area contributed by atoms with Crippen LogP contribution in [0, 0.1) is 10.1 Å². The number of aromatic hydroxyl groups is 1. The van der Waals surface area contributed by atoms with Crippen molar-refractivity contribution >= 4 is 23.7 Å². The number of rotatable bonds is 7. The molecule has 0 spiro atoms. The highest BCUT2D eigenvalue weighted by atomic mass is 16.6. The number of hydrazone groups is 1. The maximum absolute atomic E-state index is 11.5.